The smallest absolute Gasteiger partial charge is 0.257 e. The summed E-state index contributed by atoms with van der Waals surface area (Å²) in [6.07, 6.45) is 5.85. The Bertz CT molecular complexity index is 1210. The molecule has 1 atom stereocenters. The molecule has 184 valence electrons. The second-order valence-corrected chi connectivity index (χ2v) is 9.85. The Kier molecular flexibility index (Phi) is 7.75. The lowest BCUT2D eigenvalue weighted by molar-refractivity contribution is -0.113. The lowest BCUT2D eigenvalue weighted by atomic mass is 9.96. The van der Waals surface area contributed by atoms with Crippen LogP contribution in [0.5, 0.6) is 5.75 Å². The van der Waals surface area contributed by atoms with Crippen molar-refractivity contribution in [2.45, 2.75) is 52.2 Å². The normalized spacial score (nSPS) is 15.0. The fraction of sp³-hybridized carbons (Fsp3) is 0.385. The highest BCUT2D eigenvalue weighted by Crippen LogP contribution is 2.28. The molecule has 1 unspecified atom stereocenters. The first-order valence-corrected chi connectivity index (χ1v) is 13.1. The molecule has 35 heavy (non-hydrogen) atoms. The number of hydrogen-bond acceptors (Lipinski definition) is 6. The Morgan fingerprint density at radius 1 is 1.31 bits per heavy atom. The monoisotopic (exact) mass is 493 g/mol. The van der Waals surface area contributed by atoms with Crippen molar-refractivity contribution >= 4 is 29.4 Å². The Labute approximate surface area is 209 Å². The van der Waals surface area contributed by atoms with E-state index in [1.165, 1.54) is 11.8 Å². The summed E-state index contributed by atoms with van der Waals surface area (Å²) >= 11 is 1.42. The third kappa shape index (κ3) is 6.03. The van der Waals surface area contributed by atoms with Crippen LogP contribution in [-0.2, 0) is 17.6 Å². The SMILES string of the molecule is CSCC(=O)Nc1c2c(nn1-c1ccc(C)cn1)CC(CCc1cccc(OC(C)C)c1)NC2=O. The van der Waals surface area contributed by atoms with Gasteiger partial charge in [-0.15, -0.1) is 0 Å². The van der Waals surface area contributed by atoms with Crippen molar-refractivity contribution in [3.05, 3.63) is 65.0 Å². The van der Waals surface area contributed by atoms with Crippen LogP contribution in [0.2, 0.25) is 0 Å². The maximum absolute atomic E-state index is 13.2. The van der Waals surface area contributed by atoms with Crippen LogP contribution in [0.4, 0.5) is 5.82 Å². The highest BCUT2D eigenvalue weighted by Gasteiger charge is 2.33. The molecule has 1 aromatic carbocycles. The largest absolute Gasteiger partial charge is 0.491 e. The van der Waals surface area contributed by atoms with Crippen molar-refractivity contribution in [2.75, 3.05) is 17.3 Å². The minimum atomic E-state index is -0.231. The Balaban J connectivity index is 1.56. The van der Waals surface area contributed by atoms with Gasteiger partial charge >= 0.3 is 0 Å². The van der Waals surface area contributed by atoms with Crippen LogP contribution in [-0.4, -0.2) is 50.7 Å². The highest BCUT2D eigenvalue weighted by atomic mass is 32.2. The molecular formula is C26H31N5O3S. The predicted octanol–water partition coefficient (Wildman–Crippen LogP) is 3.95. The first-order valence-electron chi connectivity index (χ1n) is 11.7. The number of nitrogens with one attached hydrogen (secondary N) is 2. The van der Waals surface area contributed by atoms with Gasteiger partial charge in [0.2, 0.25) is 5.91 Å². The number of nitrogens with zero attached hydrogens (tertiary/aromatic N) is 3. The molecule has 1 aliphatic rings. The van der Waals surface area contributed by atoms with E-state index in [-0.39, 0.29) is 29.7 Å². The third-order valence-corrected chi connectivity index (χ3v) is 6.21. The maximum Gasteiger partial charge on any atom is 0.257 e. The number of rotatable bonds is 9. The molecule has 1 aliphatic heterocycles. The number of amides is 2. The van der Waals surface area contributed by atoms with Gasteiger partial charge in [0.05, 0.1) is 17.6 Å². The van der Waals surface area contributed by atoms with Crippen molar-refractivity contribution in [1.82, 2.24) is 20.1 Å². The summed E-state index contributed by atoms with van der Waals surface area (Å²) in [5.41, 5.74) is 3.24. The molecule has 0 aliphatic carbocycles. The standard InChI is InChI=1S/C26H31N5O3S/c1-16(2)34-20-7-5-6-18(12-20)9-10-19-13-21-24(26(33)28-19)25(29-23(32)15-35-4)31(30-21)22-11-8-17(3)14-27-22/h5-8,11-12,14,16,19H,9-10,13,15H2,1-4H3,(H,28,33)(H,29,32). The van der Waals surface area contributed by atoms with Gasteiger partial charge in [-0.3, -0.25) is 9.59 Å². The number of pyridine rings is 1. The Morgan fingerprint density at radius 3 is 2.86 bits per heavy atom. The first-order chi connectivity index (χ1) is 16.8. The molecule has 2 amide bonds. The van der Waals surface area contributed by atoms with Gasteiger partial charge in [-0.1, -0.05) is 18.2 Å². The highest BCUT2D eigenvalue weighted by molar-refractivity contribution is 7.99. The van der Waals surface area contributed by atoms with Crippen LogP contribution in [0.25, 0.3) is 5.82 Å². The summed E-state index contributed by atoms with van der Waals surface area (Å²) in [6.45, 7) is 5.96. The topological polar surface area (TPSA) is 98.1 Å². The zero-order valence-corrected chi connectivity index (χ0v) is 21.3. The van der Waals surface area contributed by atoms with Crippen LogP contribution in [0, 0.1) is 6.92 Å². The molecule has 0 radical (unpaired) electrons. The van der Waals surface area contributed by atoms with Crippen molar-refractivity contribution in [2.24, 2.45) is 0 Å². The lowest BCUT2D eigenvalue weighted by Crippen LogP contribution is -2.41. The zero-order chi connectivity index (χ0) is 24.9. The van der Waals surface area contributed by atoms with E-state index in [9.17, 15) is 9.59 Å². The van der Waals surface area contributed by atoms with Gasteiger partial charge in [0.15, 0.2) is 11.6 Å². The van der Waals surface area contributed by atoms with E-state index in [1.54, 1.807) is 10.9 Å². The number of aromatic nitrogens is 3. The first kappa shape index (κ1) is 24.8. The molecule has 9 heteroatoms. The average molecular weight is 494 g/mol. The molecular weight excluding hydrogens is 462 g/mol. The molecule has 0 spiro atoms. The molecule has 2 aromatic heterocycles. The summed E-state index contributed by atoms with van der Waals surface area (Å²) < 4.78 is 7.37. The molecule has 3 aromatic rings. The van der Waals surface area contributed by atoms with Crippen LogP contribution in [0.1, 0.15) is 47.4 Å². The molecule has 0 bridgehead atoms. The molecule has 0 fully saturated rings. The number of hydrogen-bond donors (Lipinski definition) is 2. The third-order valence-electron chi connectivity index (χ3n) is 5.66. The second kappa shape index (κ2) is 10.9. The molecule has 8 nitrogen and oxygen atoms in total. The van der Waals surface area contributed by atoms with E-state index < -0.39 is 0 Å². The minimum absolute atomic E-state index is 0.0613. The Morgan fingerprint density at radius 2 is 2.14 bits per heavy atom. The van der Waals surface area contributed by atoms with Gasteiger partial charge in [0.1, 0.15) is 11.3 Å². The van der Waals surface area contributed by atoms with Crippen molar-refractivity contribution in [1.29, 1.82) is 0 Å². The van der Waals surface area contributed by atoms with E-state index in [4.69, 9.17) is 9.84 Å². The van der Waals surface area contributed by atoms with Crippen molar-refractivity contribution in [3.63, 3.8) is 0 Å². The number of carbonyl (C=O) groups is 2. The van der Waals surface area contributed by atoms with Gasteiger partial charge in [-0.2, -0.15) is 21.5 Å². The van der Waals surface area contributed by atoms with Crippen LogP contribution in [0.3, 0.4) is 0 Å². The number of ether oxygens (including phenoxy) is 1. The fourth-order valence-corrected chi connectivity index (χ4v) is 4.45. The van der Waals surface area contributed by atoms with Gasteiger partial charge in [0.25, 0.3) is 5.91 Å². The Hall–Kier alpha value is -3.33. The summed E-state index contributed by atoms with van der Waals surface area (Å²) in [7, 11) is 0. The van der Waals surface area contributed by atoms with E-state index in [2.05, 4.69) is 21.7 Å². The zero-order valence-electron chi connectivity index (χ0n) is 20.5. The molecule has 0 saturated heterocycles. The van der Waals surface area contributed by atoms with E-state index in [0.717, 1.165) is 29.7 Å². The summed E-state index contributed by atoms with van der Waals surface area (Å²) in [5.74, 6) is 1.63. The number of benzene rings is 1. The fourth-order valence-electron chi connectivity index (χ4n) is 4.11. The quantitative estimate of drug-likeness (QED) is 0.468. The van der Waals surface area contributed by atoms with Gasteiger partial charge in [-0.05, 0) is 69.2 Å². The number of aryl methyl sites for hydroxylation is 2. The second-order valence-electron chi connectivity index (χ2n) is 8.98. The summed E-state index contributed by atoms with van der Waals surface area (Å²) in [5, 5.41) is 10.7. The van der Waals surface area contributed by atoms with Gasteiger partial charge < -0.3 is 15.4 Å². The lowest BCUT2D eigenvalue weighted by Gasteiger charge is -2.23. The average Bonchev–Trinajstić information content (AvgIpc) is 3.16. The number of carbonyl (C=O) groups excluding carboxylic acids is 2. The molecule has 0 saturated carbocycles. The van der Waals surface area contributed by atoms with Gasteiger partial charge in [-0.25, -0.2) is 4.98 Å². The van der Waals surface area contributed by atoms with Crippen molar-refractivity contribution < 1.29 is 14.3 Å². The minimum Gasteiger partial charge on any atom is -0.491 e. The summed E-state index contributed by atoms with van der Waals surface area (Å²) in [4.78, 5) is 30.1. The maximum atomic E-state index is 13.2. The van der Waals surface area contributed by atoms with Crippen LogP contribution < -0.4 is 15.4 Å². The van der Waals surface area contributed by atoms with Crippen molar-refractivity contribution in [3.8, 4) is 11.6 Å². The van der Waals surface area contributed by atoms with Gasteiger partial charge in [0, 0.05) is 18.7 Å². The predicted molar refractivity (Wildman–Crippen MR) is 139 cm³/mol. The molecule has 3 heterocycles. The molecule has 4 rings (SSSR count). The number of thioether (sulfide) groups is 1. The van der Waals surface area contributed by atoms with E-state index in [1.807, 2.05) is 57.4 Å². The van der Waals surface area contributed by atoms with E-state index >= 15 is 0 Å². The number of anilines is 1. The number of fused-ring (bicyclic) bond motifs is 1. The summed E-state index contributed by atoms with van der Waals surface area (Å²) in [6, 6.07) is 11.8. The molecule has 2 N–H and O–H groups in total. The van der Waals surface area contributed by atoms with E-state index in [0.29, 0.717) is 29.3 Å². The van der Waals surface area contributed by atoms with Crippen LogP contribution in [0.15, 0.2) is 42.6 Å². The van der Waals surface area contributed by atoms with Crippen LogP contribution >= 0.6 is 11.8 Å².